The maximum atomic E-state index is 15.0. The van der Waals surface area contributed by atoms with Gasteiger partial charge < -0.3 is 9.13 Å². The Kier molecular flexibility index (Phi) is 10.9. The van der Waals surface area contributed by atoms with E-state index in [1.807, 2.05) is 81.9 Å². The van der Waals surface area contributed by atoms with Crippen molar-refractivity contribution in [3.8, 4) is 62.0 Å². The molecule has 0 saturated carbocycles. The van der Waals surface area contributed by atoms with Crippen LogP contribution in [0.3, 0.4) is 0 Å². The summed E-state index contributed by atoms with van der Waals surface area (Å²) in [5, 5.41) is 13.5. The van der Waals surface area contributed by atoms with E-state index in [1.165, 1.54) is 6.07 Å². The monoisotopic (exact) mass is 983 g/mol. The highest BCUT2D eigenvalue weighted by Gasteiger charge is 2.35. The number of hydrogen-bond donors (Lipinski definition) is 0. The number of nitrogens with zero attached hydrogens (tertiary/aromatic N) is 3. The minimum absolute atomic E-state index is 0.0294. The maximum Gasteiger partial charge on any atom is 0.417 e. The highest BCUT2D eigenvalue weighted by molar-refractivity contribution is 6.13. The van der Waals surface area contributed by atoms with E-state index in [4.69, 9.17) is 0 Å². The van der Waals surface area contributed by atoms with Crippen LogP contribution in [0.2, 0.25) is 0 Å². The number of para-hydroxylation sites is 2. The molecule has 12 heteroatoms. The SMILES string of the molecule is Cc1cc(-c2ccc3c(c2)c2ccccc2n3-c2ccc(C#N)cc2-c2cc(-c3c(C)cccc3C(F)(F)F)ccc2-n2c3ccccc3c3cc(-c4cc(C)cc(C(F)(F)F)c4)ccc32)cc(C(F)(F)F)c1. The van der Waals surface area contributed by atoms with Crippen molar-refractivity contribution >= 4 is 43.6 Å². The number of fused-ring (bicyclic) bond motifs is 6. The Morgan fingerprint density at radius 2 is 0.849 bits per heavy atom. The van der Waals surface area contributed by atoms with E-state index in [0.29, 0.717) is 88.9 Å². The quantitative estimate of drug-likeness (QED) is 0.153. The minimum atomic E-state index is -4.72. The van der Waals surface area contributed by atoms with Crippen LogP contribution in [0.1, 0.15) is 38.9 Å². The van der Waals surface area contributed by atoms with Crippen molar-refractivity contribution in [2.24, 2.45) is 0 Å². The Morgan fingerprint density at radius 1 is 0.384 bits per heavy atom. The average Bonchev–Trinajstić information content (AvgIpc) is 3.87. The summed E-state index contributed by atoms with van der Waals surface area (Å²) in [6, 6.07) is 50.2. The topological polar surface area (TPSA) is 33.6 Å². The largest absolute Gasteiger partial charge is 0.417 e. The maximum absolute atomic E-state index is 15.0. The third-order valence-corrected chi connectivity index (χ3v) is 13.6. The van der Waals surface area contributed by atoms with E-state index < -0.39 is 35.2 Å². The lowest BCUT2D eigenvalue weighted by atomic mass is 9.90. The molecule has 9 aromatic carbocycles. The van der Waals surface area contributed by atoms with Gasteiger partial charge in [0, 0.05) is 32.7 Å². The lowest BCUT2D eigenvalue weighted by molar-refractivity contribution is -0.138. The third kappa shape index (κ3) is 8.15. The number of nitriles is 1. The van der Waals surface area contributed by atoms with E-state index in [2.05, 4.69) is 6.07 Å². The van der Waals surface area contributed by atoms with Gasteiger partial charge in [0.25, 0.3) is 0 Å². The number of alkyl halides is 9. The van der Waals surface area contributed by atoms with Gasteiger partial charge in [-0.3, -0.25) is 0 Å². The van der Waals surface area contributed by atoms with E-state index in [-0.39, 0.29) is 16.7 Å². The first kappa shape index (κ1) is 46.8. The van der Waals surface area contributed by atoms with E-state index in [9.17, 15) is 44.8 Å². The molecule has 0 spiro atoms. The molecule has 0 aliphatic rings. The Labute approximate surface area is 412 Å². The van der Waals surface area contributed by atoms with Gasteiger partial charge in [-0.15, -0.1) is 0 Å². The molecule has 0 atom stereocenters. The summed E-state index contributed by atoms with van der Waals surface area (Å²) < 4.78 is 133. The molecule has 0 fully saturated rings. The van der Waals surface area contributed by atoms with Crippen LogP contribution in [0.25, 0.3) is 99.5 Å². The number of halogens is 9. The zero-order chi connectivity index (χ0) is 51.3. The molecule has 0 unspecified atom stereocenters. The number of aromatic nitrogens is 2. The number of rotatable bonds is 6. The van der Waals surface area contributed by atoms with Crippen LogP contribution in [0.15, 0.2) is 176 Å². The van der Waals surface area contributed by atoms with Crippen molar-refractivity contribution in [2.45, 2.75) is 39.3 Å². The van der Waals surface area contributed by atoms with Crippen LogP contribution < -0.4 is 0 Å². The van der Waals surface area contributed by atoms with Crippen molar-refractivity contribution < 1.29 is 39.5 Å². The molecule has 0 radical (unpaired) electrons. The van der Waals surface area contributed by atoms with Crippen molar-refractivity contribution in [3.63, 3.8) is 0 Å². The highest BCUT2D eigenvalue weighted by atomic mass is 19.4. The fourth-order valence-corrected chi connectivity index (χ4v) is 10.5. The fraction of sp³-hybridized carbons (Fsp3) is 0.0984. The molecule has 73 heavy (non-hydrogen) atoms. The number of hydrogen-bond acceptors (Lipinski definition) is 1. The smallest absolute Gasteiger partial charge is 0.309 e. The van der Waals surface area contributed by atoms with Gasteiger partial charge >= 0.3 is 18.5 Å². The van der Waals surface area contributed by atoms with Gasteiger partial charge in [-0.25, -0.2) is 0 Å². The Balaban J connectivity index is 1.21. The number of aryl methyl sites for hydroxylation is 3. The van der Waals surface area contributed by atoms with Crippen LogP contribution in [0.4, 0.5) is 39.5 Å². The zero-order valence-corrected chi connectivity index (χ0v) is 39.0. The van der Waals surface area contributed by atoms with Crippen LogP contribution in [0.5, 0.6) is 0 Å². The van der Waals surface area contributed by atoms with Crippen molar-refractivity contribution in [2.75, 3.05) is 0 Å². The van der Waals surface area contributed by atoms with Crippen LogP contribution in [-0.4, -0.2) is 9.13 Å². The van der Waals surface area contributed by atoms with Crippen molar-refractivity contribution in [3.05, 3.63) is 215 Å². The molecular weight excluding hydrogens is 946 g/mol. The zero-order valence-electron chi connectivity index (χ0n) is 39.0. The molecule has 2 aromatic heterocycles. The van der Waals surface area contributed by atoms with Crippen LogP contribution in [-0.2, 0) is 18.5 Å². The summed E-state index contributed by atoms with van der Waals surface area (Å²) in [6.07, 6.45) is -13.9. The number of benzene rings is 9. The van der Waals surface area contributed by atoms with E-state index >= 15 is 0 Å². The van der Waals surface area contributed by atoms with Gasteiger partial charge in [-0.2, -0.15) is 44.8 Å². The van der Waals surface area contributed by atoms with Gasteiger partial charge in [0.05, 0.1) is 61.8 Å². The van der Waals surface area contributed by atoms with Crippen LogP contribution in [0, 0.1) is 32.1 Å². The van der Waals surface area contributed by atoms with Crippen molar-refractivity contribution in [1.82, 2.24) is 9.13 Å². The Hall–Kier alpha value is -8.56. The van der Waals surface area contributed by atoms with Gasteiger partial charge in [0.15, 0.2) is 0 Å². The Morgan fingerprint density at radius 3 is 1.34 bits per heavy atom. The molecular formula is C61H38F9N3. The molecule has 3 nitrogen and oxygen atoms in total. The second-order valence-corrected chi connectivity index (χ2v) is 18.4. The first-order chi connectivity index (χ1) is 34.8. The van der Waals surface area contributed by atoms with Crippen LogP contribution >= 0.6 is 0 Å². The molecule has 0 saturated heterocycles. The summed E-state index contributed by atoms with van der Waals surface area (Å²) >= 11 is 0. The molecule has 0 N–H and O–H groups in total. The average molecular weight is 984 g/mol. The first-order valence-corrected chi connectivity index (χ1v) is 23.1. The molecule has 0 amide bonds. The van der Waals surface area contributed by atoms with Crippen molar-refractivity contribution in [1.29, 1.82) is 5.26 Å². The van der Waals surface area contributed by atoms with E-state index in [0.717, 1.165) is 46.5 Å². The summed E-state index contributed by atoms with van der Waals surface area (Å²) in [7, 11) is 0. The molecule has 11 rings (SSSR count). The normalized spacial score (nSPS) is 12.4. The molecule has 0 bridgehead atoms. The molecule has 0 aliphatic heterocycles. The molecule has 0 aliphatic carbocycles. The second-order valence-electron chi connectivity index (χ2n) is 18.4. The van der Waals surface area contributed by atoms with Gasteiger partial charge in [-0.05, 0) is 168 Å². The van der Waals surface area contributed by atoms with E-state index in [1.54, 1.807) is 87.5 Å². The Bertz CT molecular complexity index is 4100. The predicted octanol–water partition coefficient (Wildman–Crippen LogP) is 18.4. The summed E-state index contributed by atoms with van der Waals surface area (Å²) in [4.78, 5) is 0. The minimum Gasteiger partial charge on any atom is -0.309 e. The summed E-state index contributed by atoms with van der Waals surface area (Å²) in [5.74, 6) is 0. The predicted molar refractivity (Wildman–Crippen MR) is 271 cm³/mol. The molecule has 2 heterocycles. The summed E-state index contributed by atoms with van der Waals surface area (Å²) in [5.41, 5.74) is 5.93. The first-order valence-electron chi connectivity index (χ1n) is 23.1. The molecule has 360 valence electrons. The van der Waals surface area contributed by atoms with Gasteiger partial charge in [0.2, 0.25) is 0 Å². The standard InChI is InChI=1S/C61H38F9N3/c1-34-23-41(28-43(25-34)59(62,63)64)38-16-20-55-48(30-38)45-10-4-6-13-52(45)72(55)54-19-15-37(33-71)27-47(54)50-32-40(58-36(3)9-8-12-51(58)61(68,69)70)18-22-57(50)73-53-14-7-5-11-46(53)49-31-39(17-21-56(49)73)42-24-35(2)26-44(29-42)60(65,66)67/h4-32H,1-3H3. The fourth-order valence-electron chi connectivity index (χ4n) is 10.5. The lowest BCUT2D eigenvalue weighted by Gasteiger charge is -2.21. The second kappa shape index (κ2) is 17.1. The highest BCUT2D eigenvalue weighted by Crippen LogP contribution is 2.47. The summed E-state index contributed by atoms with van der Waals surface area (Å²) in [6.45, 7) is 4.83. The third-order valence-electron chi connectivity index (χ3n) is 13.6. The lowest BCUT2D eigenvalue weighted by Crippen LogP contribution is -2.08. The van der Waals surface area contributed by atoms with Gasteiger partial charge in [-0.1, -0.05) is 78.9 Å². The molecule has 11 aromatic rings. The van der Waals surface area contributed by atoms with Gasteiger partial charge in [0.1, 0.15) is 0 Å².